The number of ether oxygens (including phenoxy) is 1. The minimum Gasteiger partial charge on any atom is -0.494 e. The van der Waals surface area contributed by atoms with E-state index in [1.807, 2.05) is 36.1 Å². The van der Waals surface area contributed by atoms with E-state index in [-0.39, 0.29) is 18.7 Å². The number of amides is 2. The second kappa shape index (κ2) is 7.88. The van der Waals surface area contributed by atoms with Crippen LogP contribution in [0.15, 0.2) is 24.3 Å². The summed E-state index contributed by atoms with van der Waals surface area (Å²) in [5.41, 5.74) is 0.761. The van der Waals surface area contributed by atoms with Gasteiger partial charge in [-0.05, 0) is 56.9 Å². The third-order valence-electron chi connectivity index (χ3n) is 3.77. The Bertz CT molecular complexity index is 445. The molecule has 0 radical (unpaired) electrons. The minimum absolute atomic E-state index is 0.0858. The summed E-state index contributed by atoms with van der Waals surface area (Å²) in [5.74, 6) is 0.798. The second-order valence-electron chi connectivity index (χ2n) is 5.24. The van der Waals surface area contributed by atoms with Gasteiger partial charge in [-0.3, -0.25) is 0 Å². The Morgan fingerprint density at radius 1 is 1.38 bits per heavy atom. The number of hydrogen-bond acceptors (Lipinski definition) is 3. The summed E-state index contributed by atoms with van der Waals surface area (Å²) in [6, 6.07) is 7.44. The highest BCUT2D eigenvalue weighted by atomic mass is 16.5. The first-order valence-electron chi connectivity index (χ1n) is 7.66. The van der Waals surface area contributed by atoms with Crippen molar-refractivity contribution in [2.75, 3.05) is 25.1 Å². The summed E-state index contributed by atoms with van der Waals surface area (Å²) in [7, 11) is 0. The van der Waals surface area contributed by atoms with E-state index in [4.69, 9.17) is 9.84 Å². The molecule has 21 heavy (non-hydrogen) atoms. The Kier molecular flexibility index (Phi) is 5.87. The quantitative estimate of drug-likeness (QED) is 0.877. The van der Waals surface area contributed by atoms with Crippen LogP contribution in [0, 0.1) is 0 Å². The van der Waals surface area contributed by atoms with Gasteiger partial charge in [-0.2, -0.15) is 0 Å². The number of carbonyl (C=O) groups is 1. The van der Waals surface area contributed by atoms with E-state index >= 15 is 0 Å². The molecule has 0 aromatic heterocycles. The van der Waals surface area contributed by atoms with Crippen LogP contribution in [-0.2, 0) is 0 Å². The highest BCUT2D eigenvalue weighted by Crippen LogP contribution is 2.21. The Labute approximate surface area is 125 Å². The standard InChI is InChI=1S/C16H24N2O3/c1-2-21-15-8-6-13(7-9-15)17-16(20)18-11-4-3-5-14(18)10-12-19/h6-9,14,19H,2-5,10-12H2,1H3,(H,17,20). The van der Waals surface area contributed by atoms with E-state index in [9.17, 15) is 4.79 Å². The number of rotatable bonds is 5. The van der Waals surface area contributed by atoms with Gasteiger partial charge in [-0.25, -0.2) is 4.79 Å². The van der Waals surface area contributed by atoms with Crippen LogP contribution in [0.3, 0.4) is 0 Å². The van der Waals surface area contributed by atoms with Crippen LogP contribution in [0.4, 0.5) is 10.5 Å². The molecule has 1 unspecified atom stereocenters. The molecule has 2 amide bonds. The molecule has 0 aliphatic carbocycles. The van der Waals surface area contributed by atoms with Gasteiger partial charge in [0, 0.05) is 24.9 Å². The zero-order valence-corrected chi connectivity index (χ0v) is 12.5. The first-order valence-corrected chi connectivity index (χ1v) is 7.66. The van der Waals surface area contributed by atoms with Gasteiger partial charge in [-0.1, -0.05) is 0 Å². The Morgan fingerprint density at radius 2 is 2.14 bits per heavy atom. The predicted octanol–water partition coefficient (Wildman–Crippen LogP) is 2.85. The molecule has 2 N–H and O–H groups in total. The average molecular weight is 292 g/mol. The van der Waals surface area contributed by atoms with Crippen molar-refractivity contribution in [3.63, 3.8) is 0 Å². The Morgan fingerprint density at radius 3 is 2.81 bits per heavy atom. The number of nitrogens with zero attached hydrogens (tertiary/aromatic N) is 1. The summed E-state index contributed by atoms with van der Waals surface area (Å²) in [6.45, 7) is 3.45. The lowest BCUT2D eigenvalue weighted by molar-refractivity contribution is 0.141. The molecule has 0 saturated carbocycles. The lowest BCUT2D eigenvalue weighted by Crippen LogP contribution is -2.46. The van der Waals surface area contributed by atoms with Crippen molar-refractivity contribution in [3.8, 4) is 5.75 Å². The molecule has 1 aliphatic rings. The third-order valence-corrected chi connectivity index (χ3v) is 3.77. The SMILES string of the molecule is CCOc1ccc(NC(=O)N2CCCCC2CCO)cc1. The minimum atomic E-state index is -0.0858. The fourth-order valence-corrected chi connectivity index (χ4v) is 2.71. The average Bonchev–Trinajstić information content (AvgIpc) is 2.50. The van der Waals surface area contributed by atoms with Crippen LogP contribution < -0.4 is 10.1 Å². The fraction of sp³-hybridized carbons (Fsp3) is 0.562. The number of hydrogen-bond donors (Lipinski definition) is 2. The lowest BCUT2D eigenvalue weighted by atomic mass is 10.0. The Balaban J connectivity index is 1.95. The smallest absolute Gasteiger partial charge is 0.322 e. The van der Waals surface area contributed by atoms with E-state index in [1.165, 1.54) is 0 Å². The first kappa shape index (κ1) is 15.6. The van der Waals surface area contributed by atoms with Gasteiger partial charge in [0.25, 0.3) is 0 Å². The molecule has 5 heteroatoms. The van der Waals surface area contributed by atoms with E-state index in [0.29, 0.717) is 13.0 Å². The zero-order valence-electron chi connectivity index (χ0n) is 12.5. The van der Waals surface area contributed by atoms with Crippen LogP contribution in [0.1, 0.15) is 32.6 Å². The van der Waals surface area contributed by atoms with Crippen molar-refractivity contribution in [2.45, 2.75) is 38.6 Å². The molecule has 1 heterocycles. The second-order valence-corrected chi connectivity index (χ2v) is 5.24. The molecule has 1 aromatic carbocycles. The maximum absolute atomic E-state index is 12.4. The number of anilines is 1. The largest absolute Gasteiger partial charge is 0.494 e. The van der Waals surface area contributed by atoms with Crippen LogP contribution in [-0.4, -0.2) is 41.8 Å². The lowest BCUT2D eigenvalue weighted by Gasteiger charge is -2.35. The topological polar surface area (TPSA) is 61.8 Å². The number of benzene rings is 1. The number of carbonyl (C=O) groups excluding carboxylic acids is 1. The van der Waals surface area contributed by atoms with E-state index in [2.05, 4.69) is 5.32 Å². The van der Waals surface area contributed by atoms with Crippen molar-refractivity contribution < 1.29 is 14.6 Å². The number of piperidine rings is 1. The molecule has 1 fully saturated rings. The number of likely N-dealkylation sites (tertiary alicyclic amines) is 1. The fourth-order valence-electron chi connectivity index (χ4n) is 2.71. The van der Waals surface area contributed by atoms with Gasteiger partial charge in [0.1, 0.15) is 5.75 Å². The van der Waals surface area contributed by atoms with E-state index < -0.39 is 0 Å². The molecule has 116 valence electrons. The molecule has 1 atom stereocenters. The number of aliphatic hydroxyl groups is 1. The molecule has 0 bridgehead atoms. The van der Waals surface area contributed by atoms with Crippen molar-refractivity contribution in [1.82, 2.24) is 4.90 Å². The van der Waals surface area contributed by atoms with Gasteiger partial charge in [0.15, 0.2) is 0 Å². The van der Waals surface area contributed by atoms with Crippen molar-refractivity contribution in [3.05, 3.63) is 24.3 Å². The Hall–Kier alpha value is -1.75. The summed E-state index contributed by atoms with van der Waals surface area (Å²) in [6.07, 6.45) is 3.77. The van der Waals surface area contributed by atoms with Crippen LogP contribution in [0.5, 0.6) is 5.75 Å². The molecule has 0 spiro atoms. The molecular weight excluding hydrogens is 268 g/mol. The van der Waals surface area contributed by atoms with Crippen LogP contribution in [0.2, 0.25) is 0 Å². The van der Waals surface area contributed by atoms with Gasteiger partial charge < -0.3 is 20.1 Å². The maximum Gasteiger partial charge on any atom is 0.322 e. The number of urea groups is 1. The van der Waals surface area contributed by atoms with E-state index in [1.54, 1.807) is 0 Å². The van der Waals surface area contributed by atoms with Gasteiger partial charge in [0.2, 0.25) is 0 Å². The number of aliphatic hydroxyl groups excluding tert-OH is 1. The highest BCUT2D eigenvalue weighted by molar-refractivity contribution is 5.89. The van der Waals surface area contributed by atoms with E-state index in [0.717, 1.165) is 37.2 Å². The molecule has 1 aromatic rings. The zero-order chi connectivity index (χ0) is 15.1. The predicted molar refractivity (Wildman–Crippen MR) is 82.7 cm³/mol. The van der Waals surface area contributed by atoms with Gasteiger partial charge in [-0.15, -0.1) is 0 Å². The molecule has 2 rings (SSSR count). The highest BCUT2D eigenvalue weighted by Gasteiger charge is 2.26. The normalized spacial score (nSPS) is 18.4. The van der Waals surface area contributed by atoms with Crippen molar-refractivity contribution in [1.29, 1.82) is 0 Å². The third kappa shape index (κ3) is 4.36. The summed E-state index contributed by atoms with van der Waals surface area (Å²) in [5, 5.41) is 12.0. The molecular formula is C16H24N2O3. The first-order chi connectivity index (χ1) is 10.2. The monoisotopic (exact) mass is 292 g/mol. The maximum atomic E-state index is 12.4. The van der Waals surface area contributed by atoms with Crippen LogP contribution in [0.25, 0.3) is 0 Å². The van der Waals surface area contributed by atoms with Gasteiger partial charge in [0.05, 0.1) is 6.61 Å². The van der Waals surface area contributed by atoms with Crippen LogP contribution >= 0.6 is 0 Å². The molecule has 5 nitrogen and oxygen atoms in total. The molecule has 1 saturated heterocycles. The van der Waals surface area contributed by atoms with Crippen molar-refractivity contribution in [2.24, 2.45) is 0 Å². The summed E-state index contributed by atoms with van der Waals surface area (Å²) >= 11 is 0. The molecule has 1 aliphatic heterocycles. The van der Waals surface area contributed by atoms with Crippen molar-refractivity contribution >= 4 is 11.7 Å². The number of nitrogens with one attached hydrogen (secondary N) is 1. The summed E-state index contributed by atoms with van der Waals surface area (Å²) < 4.78 is 5.38. The summed E-state index contributed by atoms with van der Waals surface area (Å²) in [4.78, 5) is 14.2. The van der Waals surface area contributed by atoms with Gasteiger partial charge >= 0.3 is 6.03 Å².